The van der Waals surface area contributed by atoms with Crippen LogP contribution < -0.4 is 0 Å². The molecule has 0 aliphatic carbocycles. The van der Waals surface area contributed by atoms with Crippen LogP contribution in [-0.4, -0.2) is 32.2 Å². The molecule has 0 N–H and O–H groups in total. The summed E-state index contributed by atoms with van der Waals surface area (Å²) in [5.74, 6) is 2.45. The molecule has 22 heavy (non-hydrogen) atoms. The van der Waals surface area contributed by atoms with Crippen LogP contribution in [0.3, 0.4) is 0 Å². The van der Waals surface area contributed by atoms with Crippen LogP contribution in [0.5, 0.6) is 0 Å². The van der Waals surface area contributed by atoms with Gasteiger partial charge < -0.3 is 9.05 Å². The molecule has 0 atom stereocenters. The fourth-order valence-electron chi connectivity index (χ4n) is 1.87. The molecule has 0 amide bonds. The van der Waals surface area contributed by atoms with Crippen LogP contribution in [0.4, 0.5) is 0 Å². The number of nitrogens with zero attached hydrogens (tertiary/aromatic N) is 5. The van der Waals surface area contributed by atoms with Gasteiger partial charge in [-0.05, 0) is 35.1 Å². The average molecular weight is 384 g/mol. The third kappa shape index (κ3) is 3.60. The lowest BCUT2D eigenvalue weighted by atomic mass is 10.4. The van der Waals surface area contributed by atoms with Gasteiger partial charge in [0.05, 0.1) is 21.8 Å². The molecule has 0 aliphatic heterocycles. The lowest BCUT2D eigenvalue weighted by Crippen LogP contribution is -2.17. The predicted octanol–water partition coefficient (Wildman–Crippen LogP) is 3.14. The van der Waals surface area contributed by atoms with Gasteiger partial charge in [0.1, 0.15) is 0 Å². The molecule has 3 aromatic rings. The fraction of sp³-hybridized carbons (Fsp3) is 0.385. The maximum Gasteiger partial charge on any atom is 0.241 e. The van der Waals surface area contributed by atoms with Crippen molar-refractivity contribution in [3.63, 3.8) is 0 Å². The summed E-state index contributed by atoms with van der Waals surface area (Å²) in [5.41, 5.74) is 0. The largest absolute Gasteiger partial charge is 0.338 e. The zero-order valence-electron chi connectivity index (χ0n) is 12.1. The molecule has 0 spiro atoms. The van der Waals surface area contributed by atoms with E-state index in [9.17, 15) is 0 Å². The van der Waals surface area contributed by atoms with E-state index in [1.54, 1.807) is 11.3 Å². The SMILES string of the molecule is CCc1noc(CN(C)Cc2nc(-c3ccc(Br)s3)no2)n1. The number of halogens is 1. The van der Waals surface area contributed by atoms with Crippen molar-refractivity contribution >= 4 is 27.3 Å². The first-order valence-corrected chi connectivity index (χ1v) is 8.33. The average Bonchev–Trinajstić information content (AvgIpc) is 3.19. The molecule has 7 nitrogen and oxygen atoms in total. The topological polar surface area (TPSA) is 81.1 Å². The van der Waals surface area contributed by atoms with Crippen molar-refractivity contribution in [2.75, 3.05) is 7.05 Å². The van der Waals surface area contributed by atoms with Crippen LogP contribution in [0, 0.1) is 0 Å². The molecule has 9 heteroatoms. The smallest absolute Gasteiger partial charge is 0.241 e. The molecule has 3 aromatic heterocycles. The van der Waals surface area contributed by atoms with Gasteiger partial charge in [-0.3, -0.25) is 4.90 Å². The molecule has 0 aliphatic rings. The van der Waals surface area contributed by atoms with Gasteiger partial charge in [0, 0.05) is 6.42 Å². The van der Waals surface area contributed by atoms with Gasteiger partial charge in [0.15, 0.2) is 5.82 Å². The Bertz CT molecular complexity index is 753. The van der Waals surface area contributed by atoms with Crippen LogP contribution in [0.1, 0.15) is 24.5 Å². The van der Waals surface area contributed by atoms with Gasteiger partial charge in [0.25, 0.3) is 0 Å². The molecule has 116 valence electrons. The molecule has 0 saturated heterocycles. The maximum atomic E-state index is 5.28. The second-order valence-corrected chi connectivity index (χ2v) is 7.21. The van der Waals surface area contributed by atoms with Crippen LogP contribution in [0.15, 0.2) is 25.0 Å². The fourth-order valence-corrected chi connectivity index (χ4v) is 3.18. The Morgan fingerprint density at radius 1 is 1.14 bits per heavy atom. The minimum atomic E-state index is 0.517. The number of aromatic nitrogens is 4. The summed E-state index contributed by atoms with van der Waals surface area (Å²) >= 11 is 4.99. The molecule has 0 aromatic carbocycles. The van der Waals surface area contributed by atoms with E-state index in [1.807, 2.05) is 31.0 Å². The minimum absolute atomic E-state index is 0.517. The summed E-state index contributed by atoms with van der Waals surface area (Å²) in [4.78, 5) is 11.6. The van der Waals surface area contributed by atoms with Crippen LogP contribution in [-0.2, 0) is 19.5 Å². The first kappa shape index (κ1) is 15.3. The number of hydrogen-bond acceptors (Lipinski definition) is 8. The van der Waals surface area contributed by atoms with Crippen molar-refractivity contribution in [1.29, 1.82) is 0 Å². The minimum Gasteiger partial charge on any atom is -0.338 e. The van der Waals surface area contributed by atoms with Gasteiger partial charge in [-0.25, -0.2) is 0 Å². The van der Waals surface area contributed by atoms with Gasteiger partial charge in [-0.1, -0.05) is 17.2 Å². The first-order valence-electron chi connectivity index (χ1n) is 6.72. The highest BCUT2D eigenvalue weighted by Crippen LogP contribution is 2.29. The molecular weight excluding hydrogens is 370 g/mol. The van der Waals surface area contributed by atoms with Crippen molar-refractivity contribution in [1.82, 2.24) is 25.2 Å². The van der Waals surface area contributed by atoms with Crippen molar-refractivity contribution < 1.29 is 9.05 Å². The lowest BCUT2D eigenvalue weighted by molar-refractivity contribution is 0.229. The van der Waals surface area contributed by atoms with Gasteiger partial charge in [-0.2, -0.15) is 9.97 Å². The Kier molecular flexibility index (Phi) is 4.65. The molecule has 0 saturated carbocycles. The standard InChI is InChI=1S/C13H14BrN5O2S/c1-3-10-15-11(20-17-10)6-19(2)7-12-16-13(18-21-12)8-4-5-9(14)22-8/h4-5H,3,6-7H2,1-2H3. The van der Waals surface area contributed by atoms with E-state index in [0.717, 1.165) is 15.1 Å². The Labute approximate surface area is 139 Å². The third-order valence-corrected chi connectivity index (χ3v) is 4.52. The third-order valence-electron chi connectivity index (χ3n) is 2.90. The molecule has 3 heterocycles. The monoisotopic (exact) mass is 383 g/mol. The maximum absolute atomic E-state index is 5.28. The molecule has 3 rings (SSSR count). The quantitative estimate of drug-likeness (QED) is 0.646. The van der Waals surface area contributed by atoms with E-state index >= 15 is 0 Å². The van der Waals surface area contributed by atoms with Crippen LogP contribution in [0.2, 0.25) is 0 Å². The van der Waals surface area contributed by atoms with E-state index in [4.69, 9.17) is 9.05 Å². The summed E-state index contributed by atoms with van der Waals surface area (Å²) in [5, 5.41) is 7.88. The summed E-state index contributed by atoms with van der Waals surface area (Å²) < 4.78 is 11.5. The van der Waals surface area contributed by atoms with E-state index in [0.29, 0.717) is 36.5 Å². The van der Waals surface area contributed by atoms with E-state index < -0.39 is 0 Å². The Balaban J connectivity index is 1.62. The molecule has 0 radical (unpaired) electrons. The summed E-state index contributed by atoms with van der Waals surface area (Å²) in [7, 11) is 1.93. The normalized spacial score (nSPS) is 11.5. The highest BCUT2D eigenvalue weighted by molar-refractivity contribution is 9.11. The highest BCUT2D eigenvalue weighted by atomic mass is 79.9. The van der Waals surface area contributed by atoms with Gasteiger partial charge >= 0.3 is 0 Å². The summed E-state index contributed by atoms with van der Waals surface area (Å²) in [6, 6.07) is 3.92. The molecule has 0 fully saturated rings. The second kappa shape index (κ2) is 6.67. The molecule has 0 bridgehead atoms. The molecular formula is C13H14BrN5O2S. The Hall–Kier alpha value is -1.58. The zero-order chi connectivity index (χ0) is 15.5. The lowest BCUT2D eigenvalue weighted by Gasteiger charge is -2.10. The van der Waals surface area contributed by atoms with Crippen molar-refractivity contribution in [2.45, 2.75) is 26.4 Å². The summed E-state index contributed by atoms with van der Waals surface area (Å²) in [6.45, 7) is 3.04. The highest BCUT2D eigenvalue weighted by Gasteiger charge is 2.14. The molecule has 0 unspecified atom stereocenters. The van der Waals surface area contributed by atoms with Gasteiger partial charge in [0.2, 0.25) is 17.6 Å². The first-order chi connectivity index (χ1) is 10.6. The number of aryl methyl sites for hydroxylation is 1. The Morgan fingerprint density at radius 3 is 2.50 bits per heavy atom. The van der Waals surface area contributed by atoms with E-state index in [-0.39, 0.29) is 0 Å². The Morgan fingerprint density at radius 2 is 1.86 bits per heavy atom. The van der Waals surface area contributed by atoms with Crippen molar-refractivity contribution in [2.24, 2.45) is 0 Å². The predicted molar refractivity (Wildman–Crippen MR) is 84.2 cm³/mol. The number of thiophene rings is 1. The van der Waals surface area contributed by atoms with Gasteiger partial charge in [-0.15, -0.1) is 11.3 Å². The van der Waals surface area contributed by atoms with E-state index in [1.165, 1.54) is 0 Å². The van der Waals surface area contributed by atoms with Crippen molar-refractivity contribution in [3.05, 3.63) is 33.5 Å². The second-order valence-electron chi connectivity index (χ2n) is 4.75. The summed E-state index contributed by atoms with van der Waals surface area (Å²) in [6.07, 6.45) is 0.761. The van der Waals surface area contributed by atoms with Crippen LogP contribution in [0.25, 0.3) is 10.7 Å². The number of hydrogen-bond donors (Lipinski definition) is 0. The number of rotatable bonds is 6. The van der Waals surface area contributed by atoms with Crippen molar-refractivity contribution in [3.8, 4) is 10.7 Å². The zero-order valence-corrected chi connectivity index (χ0v) is 14.5. The van der Waals surface area contributed by atoms with Crippen LogP contribution >= 0.6 is 27.3 Å². The van der Waals surface area contributed by atoms with E-state index in [2.05, 4.69) is 36.2 Å².